The normalized spacial score (nSPS) is 11.8. The monoisotopic (exact) mass is 542 g/mol. The molecule has 5 aromatic rings. The number of benzene rings is 2. The van der Waals surface area contributed by atoms with Crippen molar-refractivity contribution in [1.82, 2.24) is 24.4 Å². The number of anilines is 1. The standard InChI is InChI=1S/C26H19ClF4N6O/c1-14-24(15(2)36(34-14)13-16-4-3-5-19(28)10-16)33-25(38)21-12-23-32-20(17-6-8-18(27)9-7-17)11-22(26(29,30)31)37(23)35-21/h3-12H,13H2,1-2H3,(H,33,38). The molecule has 194 valence electrons. The second kappa shape index (κ2) is 9.56. The van der Waals surface area contributed by atoms with Crippen LogP contribution >= 0.6 is 11.6 Å². The fourth-order valence-corrected chi connectivity index (χ4v) is 4.20. The van der Waals surface area contributed by atoms with E-state index >= 15 is 0 Å². The van der Waals surface area contributed by atoms with Crippen LogP contribution in [-0.2, 0) is 12.7 Å². The van der Waals surface area contributed by atoms with Gasteiger partial charge >= 0.3 is 6.18 Å². The van der Waals surface area contributed by atoms with E-state index in [1.807, 2.05) is 0 Å². The van der Waals surface area contributed by atoms with Gasteiger partial charge in [-0.15, -0.1) is 0 Å². The van der Waals surface area contributed by atoms with Gasteiger partial charge in [0.05, 0.1) is 29.3 Å². The summed E-state index contributed by atoms with van der Waals surface area (Å²) in [5.41, 5.74) is 1.12. The van der Waals surface area contributed by atoms with E-state index in [0.29, 0.717) is 37.7 Å². The van der Waals surface area contributed by atoms with Crippen LogP contribution < -0.4 is 5.32 Å². The minimum absolute atomic E-state index is 0.0543. The van der Waals surface area contributed by atoms with Crippen molar-refractivity contribution in [2.75, 3.05) is 5.32 Å². The Morgan fingerprint density at radius 1 is 1.03 bits per heavy atom. The highest BCUT2D eigenvalue weighted by Gasteiger charge is 2.35. The Kier molecular flexibility index (Phi) is 6.39. The molecule has 2 aromatic carbocycles. The first-order valence-corrected chi connectivity index (χ1v) is 11.7. The van der Waals surface area contributed by atoms with Crippen molar-refractivity contribution in [2.45, 2.75) is 26.6 Å². The van der Waals surface area contributed by atoms with Gasteiger partial charge in [0.15, 0.2) is 17.0 Å². The number of halogens is 5. The van der Waals surface area contributed by atoms with Gasteiger partial charge in [0.1, 0.15) is 5.82 Å². The maximum absolute atomic E-state index is 13.9. The fourth-order valence-electron chi connectivity index (χ4n) is 4.07. The molecule has 0 bridgehead atoms. The molecule has 3 aromatic heterocycles. The lowest BCUT2D eigenvalue weighted by Crippen LogP contribution is -2.16. The largest absolute Gasteiger partial charge is 0.433 e. The van der Waals surface area contributed by atoms with Crippen molar-refractivity contribution < 1.29 is 22.4 Å². The van der Waals surface area contributed by atoms with Gasteiger partial charge in [0.25, 0.3) is 5.91 Å². The number of aryl methyl sites for hydroxylation is 1. The van der Waals surface area contributed by atoms with E-state index in [9.17, 15) is 22.4 Å². The molecule has 0 aliphatic heterocycles. The number of hydrogen-bond donors (Lipinski definition) is 1. The molecule has 12 heteroatoms. The molecule has 38 heavy (non-hydrogen) atoms. The molecular formula is C26H19ClF4N6O. The number of fused-ring (bicyclic) bond motifs is 1. The molecular weight excluding hydrogens is 524 g/mol. The highest BCUT2D eigenvalue weighted by Crippen LogP contribution is 2.33. The molecule has 0 radical (unpaired) electrons. The van der Waals surface area contributed by atoms with Gasteiger partial charge in [-0.1, -0.05) is 35.9 Å². The van der Waals surface area contributed by atoms with Gasteiger partial charge in [0.2, 0.25) is 0 Å². The molecule has 0 unspecified atom stereocenters. The van der Waals surface area contributed by atoms with E-state index in [-0.39, 0.29) is 29.4 Å². The number of nitrogens with zero attached hydrogens (tertiary/aromatic N) is 5. The Morgan fingerprint density at radius 2 is 1.76 bits per heavy atom. The summed E-state index contributed by atoms with van der Waals surface area (Å²) < 4.78 is 57.5. The summed E-state index contributed by atoms with van der Waals surface area (Å²) in [6.07, 6.45) is -4.76. The van der Waals surface area contributed by atoms with Crippen LogP contribution in [0.3, 0.4) is 0 Å². The van der Waals surface area contributed by atoms with E-state index in [1.165, 1.54) is 18.2 Å². The van der Waals surface area contributed by atoms with Gasteiger partial charge in [-0.05, 0) is 49.7 Å². The summed E-state index contributed by atoms with van der Waals surface area (Å²) in [7, 11) is 0. The van der Waals surface area contributed by atoms with Crippen molar-refractivity contribution in [3.8, 4) is 11.3 Å². The number of hydrogen-bond acceptors (Lipinski definition) is 4. The topological polar surface area (TPSA) is 77.1 Å². The highest BCUT2D eigenvalue weighted by molar-refractivity contribution is 6.30. The van der Waals surface area contributed by atoms with Crippen LogP contribution in [0.25, 0.3) is 16.9 Å². The molecule has 5 rings (SSSR count). The third-order valence-electron chi connectivity index (χ3n) is 5.93. The van der Waals surface area contributed by atoms with E-state index < -0.39 is 17.8 Å². The predicted octanol–water partition coefficient (Wildman–Crippen LogP) is 6.32. The van der Waals surface area contributed by atoms with E-state index in [2.05, 4.69) is 20.5 Å². The second-order valence-electron chi connectivity index (χ2n) is 8.62. The molecule has 0 aliphatic rings. The molecule has 1 N–H and O–H groups in total. The predicted molar refractivity (Wildman–Crippen MR) is 134 cm³/mol. The zero-order valence-corrected chi connectivity index (χ0v) is 20.8. The number of alkyl halides is 3. The summed E-state index contributed by atoms with van der Waals surface area (Å²) >= 11 is 5.89. The minimum atomic E-state index is -4.76. The molecule has 0 saturated heterocycles. The number of rotatable bonds is 5. The lowest BCUT2D eigenvalue weighted by atomic mass is 10.1. The molecule has 7 nitrogen and oxygen atoms in total. The van der Waals surface area contributed by atoms with Crippen molar-refractivity contribution in [3.63, 3.8) is 0 Å². The number of nitrogens with one attached hydrogen (secondary N) is 1. The van der Waals surface area contributed by atoms with E-state index in [4.69, 9.17) is 11.6 Å². The van der Waals surface area contributed by atoms with Crippen molar-refractivity contribution >= 4 is 28.8 Å². The average Bonchev–Trinajstić information content (AvgIpc) is 3.40. The van der Waals surface area contributed by atoms with Crippen LogP contribution in [0.15, 0.2) is 60.7 Å². The van der Waals surface area contributed by atoms with Crippen LogP contribution in [-0.4, -0.2) is 30.3 Å². The van der Waals surface area contributed by atoms with Crippen molar-refractivity contribution in [3.05, 3.63) is 99.8 Å². The Balaban J connectivity index is 1.48. The molecule has 0 aliphatic carbocycles. The molecule has 0 saturated carbocycles. The number of carbonyl (C=O) groups excluding carboxylic acids is 1. The van der Waals surface area contributed by atoms with Gasteiger partial charge in [-0.25, -0.2) is 13.9 Å². The fraction of sp³-hybridized carbons (Fsp3) is 0.154. The Morgan fingerprint density at radius 3 is 2.45 bits per heavy atom. The van der Waals surface area contributed by atoms with Crippen LogP contribution in [0, 0.1) is 19.7 Å². The SMILES string of the molecule is Cc1nn(Cc2cccc(F)c2)c(C)c1NC(=O)c1cc2nc(-c3ccc(Cl)cc3)cc(C(F)(F)F)n2n1. The number of carbonyl (C=O) groups is 1. The maximum Gasteiger partial charge on any atom is 0.433 e. The van der Waals surface area contributed by atoms with Gasteiger partial charge < -0.3 is 5.32 Å². The Hall–Kier alpha value is -4.25. The lowest BCUT2D eigenvalue weighted by molar-refractivity contribution is -0.142. The van der Waals surface area contributed by atoms with Gasteiger partial charge in [0, 0.05) is 16.7 Å². The third-order valence-corrected chi connectivity index (χ3v) is 6.18. The summed E-state index contributed by atoms with van der Waals surface area (Å²) in [6.45, 7) is 3.66. The first kappa shape index (κ1) is 25.4. The molecule has 1 amide bonds. The number of aromatic nitrogens is 5. The quantitative estimate of drug-likeness (QED) is 0.264. The molecule has 0 atom stereocenters. The van der Waals surface area contributed by atoms with E-state index in [1.54, 1.807) is 54.9 Å². The second-order valence-corrected chi connectivity index (χ2v) is 9.05. The van der Waals surface area contributed by atoms with Crippen LogP contribution in [0.1, 0.15) is 33.1 Å². The Labute approximate surface area is 218 Å². The molecule has 0 fully saturated rings. The molecule has 3 heterocycles. The highest BCUT2D eigenvalue weighted by atomic mass is 35.5. The first-order valence-electron chi connectivity index (χ1n) is 11.3. The molecule has 0 spiro atoms. The number of amides is 1. The summed E-state index contributed by atoms with van der Waals surface area (Å²) in [6, 6.07) is 14.3. The van der Waals surface area contributed by atoms with E-state index in [0.717, 1.165) is 6.07 Å². The smallest absolute Gasteiger partial charge is 0.317 e. The van der Waals surface area contributed by atoms with Crippen molar-refractivity contribution in [1.29, 1.82) is 0 Å². The Bertz CT molecular complexity index is 1670. The summed E-state index contributed by atoms with van der Waals surface area (Å²) in [5, 5.41) is 11.4. The van der Waals surface area contributed by atoms with Gasteiger partial charge in [-0.3, -0.25) is 9.48 Å². The maximum atomic E-state index is 13.9. The summed E-state index contributed by atoms with van der Waals surface area (Å²) in [4.78, 5) is 17.3. The van der Waals surface area contributed by atoms with Crippen molar-refractivity contribution in [2.24, 2.45) is 0 Å². The lowest BCUT2D eigenvalue weighted by Gasteiger charge is -2.11. The van der Waals surface area contributed by atoms with Crippen LogP contribution in [0.5, 0.6) is 0 Å². The van der Waals surface area contributed by atoms with Crippen LogP contribution in [0.2, 0.25) is 5.02 Å². The zero-order valence-electron chi connectivity index (χ0n) is 20.0. The third kappa shape index (κ3) is 4.97. The minimum Gasteiger partial charge on any atom is -0.317 e. The average molecular weight is 543 g/mol. The van der Waals surface area contributed by atoms with Crippen LogP contribution in [0.4, 0.5) is 23.2 Å². The summed E-state index contributed by atoms with van der Waals surface area (Å²) in [5.74, 6) is -1.11. The first-order chi connectivity index (χ1) is 18.0. The van der Waals surface area contributed by atoms with Gasteiger partial charge in [-0.2, -0.15) is 23.4 Å². The zero-order chi connectivity index (χ0) is 27.2.